The van der Waals surface area contributed by atoms with Crippen LogP contribution in [-0.2, 0) is 0 Å². The molecular weight excluding hydrogens is 398 g/mol. The van der Waals surface area contributed by atoms with Crippen molar-refractivity contribution in [3.05, 3.63) is 27.8 Å². The molecule has 0 amide bonds. The number of halogens is 1. The van der Waals surface area contributed by atoms with E-state index in [0.29, 0.717) is 5.92 Å². The van der Waals surface area contributed by atoms with Crippen molar-refractivity contribution >= 4 is 38.0 Å². The Morgan fingerprint density at radius 2 is 1.88 bits per heavy atom. The lowest BCUT2D eigenvalue weighted by atomic mass is 9.98. The topological polar surface area (TPSA) is 46.3 Å². The smallest absolute Gasteiger partial charge is 0.186 e. The van der Waals surface area contributed by atoms with Crippen LogP contribution >= 0.6 is 27.3 Å². The number of anilines is 1. The highest BCUT2D eigenvalue weighted by molar-refractivity contribution is 9.10. The fourth-order valence-electron chi connectivity index (χ4n) is 3.17. The van der Waals surface area contributed by atoms with E-state index in [2.05, 4.69) is 54.7 Å². The Bertz CT molecular complexity index is 908. The van der Waals surface area contributed by atoms with Gasteiger partial charge in [-0.3, -0.25) is 0 Å². The first-order valence-electron chi connectivity index (χ1n) is 8.58. The maximum atomic E-state index is 4.84. The summed E-state index contributed by atoms with van der Waals surface area (Å²) in [6.07, 6.45) is 2.19. The summed E-state index contributed by atoms with van der Waals surface area (Å²) in [5.74, 6) is 0.485. The van der Waals surface area contributed by atoms with Gasteiger partial charge in [-0.1, -0.05) is 25.2 Å². The molecule has 3 rings (SSSR count). The van der Waals surface area contributed by atoms with Crippen LogP contribution in [0, 0.1) is 13.8 Å². The fraction of sp³-hybridized carbons (Fsp3) is 0.500. The highest BCUT2D eigenvalue weighted by Gasteiger charge is 2.23. The molecule has 3 aromatic rings. The third kappa shape index (κ3) is 3.19. The van der Waals surface area contributed by atoms with Gasteiger partial charge in [0.1, 0.15) is 4.60 Å². The Hall–Kier alpha value is -1.47. The minimum absolute atomic E-state index is 0.485. The number of aryl methyl sites for hydroxylation is 2. The molecule has 3 aromatic heterocycles. The lowest BCUT2D eigenvalue weighted by Gasteiger charge is -2.15. The van der Waals surface area contributed by atoms with Gasteiger partial charge in [-0.15, -0.1) is 0 Å². The van der Waals surface area contributed by atoms with Crippen LogP contribution in [0.5, 0.6) is 0 Å². The number of hydrogen-bond donors (Lipinski definition) is 0. The molecule has 0 aliphatic carbocycles. The first-order chi connectivity index (χ1) is 11.9. The molecule has 0 saturated carbocycles. The van der Waals surface area contributed by atoms with Gasteiger partial charge in [-0.25, -0.2) is 14.5 Å². The van der Waals surface area contributed by atoms with Crippen molar-refractivity contribution in [2.24, 2.45) is 0 Å². The summed E-state index contributed by atoms with van der Waals surface area (Å²) in [4.78, 5) is 12.6. The molecular formula is C18H24BrN5S. The molecule has 7 heteroatoms. The van der Waals surface area contributed by atoms with Gasteiger partial charge in [0, 0.05) is 31.4 Å². The Balaban J connectivity index is 2.29. The van der Waals surface area contributed by atoms with Crippen LogP contribution in [0.15, 0.2) is 10.7 Å². The molecule has 25 heavy (non-hydrogen) atoms. The summed E-state index contributed by atoms with van der Waals surface area (Å²) in [5.41, 5.74) is 5.27. The summed E-state index contributed by atoms with van der Waals surface area (Å²) in [6, 6.07) is 2.17. The summed E-state index contributed by atoms with van der Waals surface area (Å²) in [7, 11) is 4.01. The summed E-state index contributed by atoms with van der Waals surface area (Å²) >= 11 is 5.29. The summed E-state index contributed by atoms with van der Waals surface area (Å²) < 4.78 is 2.89. The maximum Gasteiger partial charge on any atom is 0.186 e. The SMILES string of the molecule is CCC(CC)c1cc(C)nc2c(-c3sc(N(C)C)nc3Br)c(C)nn12. The lowest BCUT2D eigenvalue weighted by molar-refractivity contribution is 0.598. The zero-order valence-corrected chi connectivity index (χ0v) is 18.0. The zero-order chi connectivity index (χ0) is 18.3. The monoisotopic (exact) mass is 421 g/mol. The zero-order valence-electron chi connectivity index (χ0n) is 15.6. The molecule has 0 atom stereocenters. The van der Waals surface area contributed by atoms with E-state index >= 15 is 0 Å². The van der Waals surface area contributed by atoms with Crippen molar-refractivity contribution in [2.75, 3.05) is 19.0 Å². The minimum atomic E-state index is 0.485. The van der Waals surface area contributed by atoms with Crippen LogP contribution in [0.3, 0.4) is 0 Å². The van der Waals surface area contributed by atoms with Crippen LogP contribution in [-0.4, -0.2) is 33.7 Å². The fourth-order valence-corrected chi connectivity index (χ4v) is 4.87. The summed E-state index contributed by atoms with van der Waals surface area (Å²) in [5, 5.41) is 5.81. The second-order valence-corrected chi connectivity index (χ2v) is 8.27. The largest absolute Gasteiger partial charge is 0.354 e. The van der Waals surface area contributed by atoms with Gasteiger partial charge >= 0.3 is 0 Å². The van der Waals surface area contributed by atoms with Crippen molar-refractivity contribution in [2.45, 2.75) is 46.5 Å². The molecule has 0 aromatic carbocycles. The van der Waals surface area contributed by atoms with Crippen LogP contribution < -0.4 is 4.90 Å². The van der Waals surface area contributed by atoms with Gasteiger partial charge in [-0.05, 0) is 48.7 Å². The van der Waals surface area contributed by atoms with Crippen molar-refractivity contribution in [3.63, 3.8) is 0 Å². The lowest BCUT2D eigenvalue weighted by Crippen LogP contribution is -2.07. The molecule has 5 nitrogen and oxygen atoms in total. The highest BCUT2D eigenvalue weighted by Crippen LogP contribution is 2.41. The Labute approximate surface area is 161 Å². The van der Waals surface area contributed by atoms with Gasteiger partial charge in [0.25, 0.3) is 0 Å². The van der Waals surface area contributed by atoms with Gasteiger partial charge in [-0.2, -0.15) is 5.10 Å². The van der Waals surface area contributed by atoms with Crippen molar-refractivity contribution in [1.82, 2.24) is 19.6 Å². The molecule has 3 heterocycles. The number of aromatic nitrogens is 4. The second-order valence-electron chi connectivity index (χ2n) is 6.54. The number of hydrogen-bond acceptors (Lipinski definition) is 5. The molecule has 0 spiro atoms. The third-order valence-electron chi connectivity index (χ3n) is 4.51. The van der Waals surface area contributed by atoms with Crippen LogP contribution in [0.1, 0.15) is 49.7 Å². The van der Waals surface area contributed by atoms with Gasteiger partial charge < -0.3 is 4.90 Å². The van der Waals surface area contributed by atoms with Crippen molar-refractivity contribution in [1.29, 1.82) is 0 Å². The molecule has 0 aliphatic rings. The first-order valence-corrected chi connectivity index (χ1v) is 10.2. The van der Waals surface area contributed by atoms with Gasteiger partial charge in [0.05, 0.1) is 16.1 Å². The van der Waals surface area contributed by atoms with E-state index in [9.17, 15) is 0 Å². The average Bonchev–Trinajstić information content (AvgIpc) is 3.08. The van der Waals surface area contributed by atoms with E-state index in [-0.39, 0.29) is 0 Å². The van der Waals surface area contributed by atoms with E-state index in [1.54, 1.807) is 11.3 Å². The number of thiazole rings is 1. The van der Waals surface area contributed by atoms with Gasteiger partial charge in [0.15, 0.2) is 10.8 Å². The van der Waals surface area contributed by atoms with Crippen LogP contribution in [0.25, 0.3) is 16.1 Å². The highest BCUT2D eigenvalue weighted by atomic mass is 79.9. The van der Waals surface area contributed by atoms with E-state index in [4.69, 9.17) is 10.1 Å². The quantitative estimate of drug-likeness (QED) is 0.567. The predicted octanol–water partition coefficient (Wildman–Crippen LogP) is 5.20. The molecule has 0 radical (unpaired) electrons. The summed E-state index contributed by atoms with van der Waals surface area (Å²) in [6.45, 7) is 8.58. The third-order valence-corrected chi connectivity index (χ3v) is 6.58. The first kappa shape index (κ1) is 18.3. The van der Waals surface area contributed by atoms with Crippen molar-refractivity contribution < 1.29 is 0 Å². The molecule has 134 valence electrons. The Kier molecular flexibility index (Phi) is 5.16. The molecule has 0 unspecified atom stereocenters. The maximum absolute atomic E-state index is 4.84. The van der Waals surface area contributed by atoms with E-state index in [1.165, 1.54) is 5.69 Å². The van der Waals surface area contributed by atoms with E-state index in [0.717, 1.165) is 50.1 Å². The second kappa shape index (κ2) is 7.03. The Morgan fingerprint density at radius 3 is 2.44 bits per heavy atom. The molecule has 0 saturated heterocycles. The van der Waals surface area contributed by atoms with Gasteiger partial charge in [0.2, 0.25) is 0 Å². The standard InChI is InChI=1S/C18H24BrN5S/c1-7-12(8-2)13-9-10(3)20-17-14(11(4)22-24(13)17)15-16(19)21-18(25-15)23(5)6/h9,12H,7-8H2,1-6H3. The molecule has 0 fully saturated rings. The number of rotatable bonds is 5. The van der Waals surface area contributed by atoms with E-state index < -0.39 is 0 Å². The molecule has 0 aliphatic heterocycles. The normalized spacial score (nSPS) is 11.7. The molecule has 0 N–H and O–H groups in total. The van der Waals surface area contributed by atoms with Crippen LogP contribution in [0.2, 0.25) is 0 Å². The number of nitrogens with zero attached hydrogens (tertiary/aromatic N) is 5. The minimum Gasteiger partial charge on any atom is -0.354 e. The van der Waals surface area contributed by atoms with Crippen molar-refractivity contribution in [3.8, 4) is 10.4 Å². The molecule has 0 bridgehead atoms. The average molecular weight is 422 g/mol. The van der Waals surface area contributed by atoms with E-state index in [1.807, 2.05) is 23.5 Å². The number of fused-ring (bicyclic) bond motifs is 1. The Morgan fingerprint density at radius 1 is 1.20 bits per heavy atom. The van der Waals surface area contributed by atoms with Crippen LogP contribution in [0.4, 0.5) is 5.13 Å². The predicted molar refractivity (Wildman–Crippen MR) is 109 cm³/mol.